The number of benzene rings is 2. The Kier molecular flexibility index (Phi) is 3.26. The number of para-hydroxylation sites is 1. The van der Waals surface area contributed by atoms with Crippen molar-refractivity contribution in [3.8, 4) is 0 Å². The van der Waals surface area contributed by atoms with Crippen LogP contribution in [0.15, 0.2) is 60.8 Å². The van der Waals surface area contributed by atoms with E-state index in [2.05, 4.69) is 36.2 Å². The van der Waals surface area contributed by atoms with Gasteiger partial charge in [-0.1, -0.05) is 49.4 Å². The molecule has 2 heteroatoms. The zero-order chi connectivity index (χ0) is 15.9. The average Bonchev–Trinajstić information content (AvgIpc) is 2.91. The molecule has 1 aromatic heterocycles. The van der Waals surface area contributed by atoms with Crippen LogP contribution in [0.4, 0.5) is 0 Å². The molecule has 0 saturated heterocycles. The van der Waals surface area contributed by atoms with E-state index >= 15 is 0 Å². The normalized spacial score (nSPS) is 19.7. The first-order valence-corrected chi connectivity index (χ1v) is 8.13. The first-order chi connectivity index (χ1) is 11.2. The van der Waals surface area contributed by atoms with Crippen LogP contribution >= 0.6 is 0 Å². The third-order valence-corrected chi connectivity index (χ3v) is 5.10. The Morgan fingerprint density at radius 3 is 2.83 bits per heavy atom. The molecule has 0 N–H and O–H groups in total. The summed E-state index contributed by atoms with van der Waals surface area (Å²) in [5.41, 5.74) is 4.22. The molecule has 1 atom stereocenters. The van der Waals surface area contributed by atoms with Crippen molar-refractivity contribution in [2.24, 2.45) is 0 Å². The van der Waals surface area contributed by atoms with Crippen LogP contribution in [0.3, 0.4) is 0 Å². The van der Waals surface area contributed by atoms with Gasteiger partial charge in [-0.2, -0.15) is 0 Å². The lowest BCUT2D eigenvalue weighted by molar-refractivity contribution is 0.0955. The summed E-state index contributed by atoms with van der Waals surface area (Å²) in [6, 6.07) is 18.3. The molecule has 2 aromatic carbocycles. The number of pyridine rings is 1. The lowest BCUT2D eigenvalue weighted by Crippen LogP contribution is -2.23. The number of Topliss-reactive ketones (excluding diaryl/α,β-unsaturated/α-hetero) is 1. The van der Waals surface area contributed by atoms with E-state index < -0.39 is 0 Å². The first kappa shape index (κ1) is 14.1. The van der Waals surface area contributed by atoms with Gasteiger partial charge in [0.2, 0.25) is 0 Å². The van der Waals surface area contributed by atoms with Crippen molar-refractivity contribution in [1.82, 2.24) is 4.98 Å². The van der Waals surface area contributed by atoms with Crippen LogP contribution in [0.5, 0.6) is 0 Å². The van der Waals surface area contributed by atoms with Gasteiger partial charge in [-0.15, -0.1) is 0 Å². The molecule has 0 fully saturated rings. The second-order valence-corrected chi connectivity index (χ2v) is 6.70. The van der Waals surface area contributed by atoms with Gasteiger partial charge in [-0.25, -0.2) is 0 Å². The maximum Gasteiger partial charge on any atom is 0.165 e. The number of aromatic nitrogens is 1. The summed E-state index contributed by atoms with van der Waals surface area (Å²) >= 11 is 0. The number of hydrogen-bond acceptors (Lipinski definition) is 2. The average molecular weight is 301 g/mol. The van der Waals surface area contributed by atoms with Gasteiger partial charge in [-0.3, -0.25) is 9.78 Å². The van der Waals surface area contributed by atoms with Crippen molar-refractivity contribution in [2.75, 3.05) is 0 Å². The Labute approximate surface area is 136 Å². The number of fused-ring (bicyclic) bond motifs is 2. The Hall–Kier alpha value is -2.48. The molecule has 2 nitrogen and oxygen atoms in total. The van der Waals surface area contributed by atoms with Gasteiger partial charge in [-0.05, 0) is 36.1 Å². The number of hydrogen-bond donors (Lipinski definition) is 0. The standard InChI is InChI=1S/C21H19NO/c1-21(12-11-15-6-2-3-10-18(15)21)14-19(23)17-9-4-7-16-8-5-13-22-20(16)17/h2-10,13H,11-12,14H2,1H3/t21-/m1/s1. The Morgan fingerprint density at radius 1 is 1.09 bits per heavy atom. The lowest BCUT2D eigenvalue weighted by atomic mass is 9.78. The van der Waals surface area contributed by atoms with E-state index in [1.165, 1.54) is 11.1 Å². The predicted octanol–water partition coefficient (Wildman–Crippen LogP) is 4.71. The third kappa shape index (κ3) is 2.35. The van der Waals surface area contributed by atoms with Crippen LogP contribution in [0.1, 0.15) is 41.3 Å². The van der Waals surface area contributed by atoms with E-state index in [-0.39, 0.29) is 11.2 Å². The largest absolute Gasteiger partial charge is 0.294 e. The van der Waals surface area contributed by atoms with Crippen molar-refractivity contribution in [3.63, 3.8) is 0 Å². The van der Waals surface area contributed by atoms with Gasteiger partial charge >= 0.3 is 0 Å². The molecule has 0 amide bonds. The molecule has 0 unspecified atom stereocenters. The summed E-state index contributed by atoms with van der Waals surface area (Å²) in [5.74, 6) is 0.188. The molecular weight excluding hydrogens is 282 g/mol. The SMILES string of the molecule is C[C@]1(CC(=O)c2cccc3cccnc23)CCc2ccccc21. The summed E-state index contributed by atoms with van der Waals surface area (Å²) in [6.45, 7) is 2.22. The zero-order valence-electron chi connectivity index (χ0n) is 13.3. The van der Waals surface area contributed by atoms with Gasteiger partial charge in [0, 0.05) is 29.0 Å². The molecule has 23 heavy (non-hydrogen) atoms. The van der Waals surface area contributed by atoms with Crippen LogP contribution in [-0.4, -0.2) is 10.8 Å². The molecule has 0 aliphatic heterocycles. The van der Waals surface area contributed by atoms with E-state index in [0.29, 0.717) is 6.42 Å². The Morgan fingerprint density at radius 2 is 1.91 bits per heavy atom. The van der Waals surface area contributed by atoms with Gasteiger partial charge in [0.1, 0.15) is 0 Å². The summed E-state index contributed by atoms with van der Waals surface area (Å²) in [5, 5.41) is 1.02. The fraction of sp³-hybridized carbons (Fsp3) is 0.238. The Bertz CT molecular complexity index is 894. The minimum Gasteiger partial charge on any atom is -0.294 e. The maximum atomic E-state index is 13.0. The molecule has 1 heterocycles. The van der Waals surface area contributed by atoms with Gasteiger partial charge < -0.3 is 0 Å². The van der Waals surface area contributed by atoms with Crippen LogP contribution in [0.2, 0.25) is 0 Å². The topological polar surface area (TPSA) is 30.0 Å². The highest BCUT2D eigenvalue weighted by Gasteiger charge is 2.36. The molecule has 1 aliphatic rings. The fourth-order valence-corrected chi connectivity index (χ4v) is 3.83. The molecular formula is C21H19NO. The number of rotatable bonds is 3. The van der Waals surface area contributed by atoms with Crippen molar-refractivity contribution >= 4 is 16.7 Å². The third-order valence-electron chi connectivity index (χ3n) is 5.10. The molecule has 0 bridgehead atoms. The van der Waals surface area contributed by atoms with Crippen LogP contribution in [-0.2, 0) is 11.8 Å². The lowest BCUT2D eigenvalue weighted by Gasteiger charge is -2.24. The summed E-state index contributed by atoms with van der Waals surface area (Å²) < 4.78 is 0. The highest BCUT2D eigenvalue weighted by Crippen LogP contribution is 2.42. The fourth-order valence-electron chi connectivity index (χ4n) is 3.83. The van der Waals surface area contributed by atoms with Gasteiger partial charge in [0.15, 0.2) is 5.78 Å². The van der Waals surface area contributed by atoms with Crippen molar-refractivity contribution in [3.05, 3.63) is 77.5 Å². The van der Waals surface area contributed by atoms with Crippen LogP contribution in [0.25, 0.3) is 10.9 Å². The molecule has 1 aliphatic carbocycles. The number of carbonyl (C=O) groups excluding carboxylic acids is 1. The van der Waals surface area contributed by atoms with E-state index in [1.807, 2.05) is 30.3 Å². The minimum absolute atomic E-state index is 0.0649. The number of nitrogens with zero attached hydrogens (tertiary/aromatic N) is 1. The zero-order valence-corrected chi connectivity index (χ0v) is 13.3. The summed E-state index contributed by atoms with van der Waals surface area (Å²) in [6.07, 6.45) is 4.40. The molecule has 3 aromatic rings. The van der Waals surface area contributed by atoms with E-state index in [0.717, 1.165) is 29.3 Å². The molecule has 0 radical (unpaired) electrons. The first-order valence-electron chi connectivity index (χ1n) is 8.13. The smallest absolute Gasteiger partial charge is 0.165 e. The number of aryl methyl sites for hydroxylation is 1. The summed E-state index contributed by atoms with van der Waals surface area (Å²) in [7, 11) is 0. The van der Waals surface area contributed by atoms with Crippen molar-refractivity contribution in [1.29, 1.82) is 0 Å². The van der Waals surface area contributed by atoms with Crippen LogP contribution in [0, 0.1) is 0 Å². The second kappa shape index (κ2) is 5.31. The van der Waals surface area contributed by atoms with Crippen molar-refractivity contribution in [2.45, 2.75) is 31.6 Å². The van der Waals surface area contributed by atoms with Gasteiger partial charge in [0.25, 0.3) is 0 Å². The monoisotopic (exact) mass is 301 g/mol. The quantitative estimate of drug-likeness (QED) is 0.656. The maximum absolute atomic E-state index is 13.0. The molecule has 4 rings (SSSR count). The minimum atomic E-state index is -0.0649. The van der Waals surface area contributed by atoms with E-state index in [9.17, 15) is 4.79 Å². The highest BCUT2D eigenvalue weighted by atomic mass is 16.1. The molecule has 0 saturated carbocycles. The number of ketones is 1. The van der Waals surface area contributed by atoms with Gasteiger partial charge in [0.05, 0.1) is 5.52 Å². The van der Waals surface area contributed by atoms with E-state index in [1.54, 1.807) is 6.20 Å². The Balaban J connectivity index is 1.71. The molecule has 114 valence electrons. The van der Waals surface area contributed by atoms with Crippen LogP contribution < -0.4 is 0 Å². The van der Waals surface area contributed by atoms with Crippen molar-refractivity contribution < 1.29 is 4.79 Å². The summed E-state index contributed by atoms with van der Waals surface area (Å²) in [4.78, 5) is 17.4. The molecule has 0 spiro atoms. The van der Waals surface area contributed by atoms with E-state index in [4.69, 9.17) is 0 Å². The second-order valence-electron chi connectivity index (χ2n) is 6.70. The number of carbonyl (C=O) groups is 1. The predicted molar refractivity (Wildman–Crippen MR) is 92.8 cm³/mol. The highest BCUT2D eigenvalue weighted by molar-refractivity contribution is 6.07.